The second-order valence-corrected chi connectivity index (χ2v) is 34.0. The van der Waals surface area contributed by atoms with E-state index in [1.54, 1.807) is 155 Å². The van der Waals surface area contributed by atoms with E-state index in [-0.39, 0.29) is 96.6 Å². The maximum Gasteiger partial charge on any atom is 0.340 e. The first-order valence-corrected chi connectivity index (χ1v) is 47.8. The third-order valence-electron chi connectivity index (χ3n) is 19.1. The Hall–Kier alpha value is -7.82. The number of alkyl halides is 6. The topological polar surface area (TPSA) is 367 Å². The molecule has 2 aliphatic rings. The van der Waals surface area contributed by atoms with Crippen molar-refractivity contribution in [2.24, 2.45) is 17.6 Å². The van der Waals surface area contributed by atoms with Crippen LogP contribution in [-0.2, 0) is 116 Å². The van der Waals surface area contributed by atoms with Crippen LogP contribution in [0.25, 0.3) is 16.6 Å². The highest BCUT2D eigenvalue weighted by Crippen LogP contribution is 2.39. The van der Waals surface area contributed by atoms with Gasteiger partial charge in [-0.25, -0.2) is 32.1 Å². The van der Waals surface area contributed by atoms with Gasteiger partial charge in [0, 0.05) is 194 Å². The third kappa shape index (κ3) is 54.7. The van der Waals surface area contributed by atoms with Crippen molar-refractivity contribution in [3.63, 3.8) is 0 Å². The van der Waals surface area contributed by atoms with Crippen LogP contribution in [0.2, 0.25) is 30.3 Å². The lowest BCUT2D eigenvalue weighted by Gasteiger charge is -2.27. The molecule has 0 spiro atoms. The number of esters is 5. The molecule has 136 heavy (non-hydrogen) atoms. The standard InChI is InChI=1S/C20H24ClF2NO2.C14H16ClNO3.C12H12ClNO3.C9H10ClNO2.C7H13F2N.C7H12O4.C6H12O3.2C5H9BrO2.C5H3Cl2N.C5H10O2/c1-26-12-8-15-13-16(19-17(21)3-2-11-24(15)19)18(25)5-4-14-6-9-20(22,23)10-7-14;1-3-19-14(17)11-9-10(6-8-18-2)16-7-4-5-12(15)13(11)16;1-17-6-4-8-7-9(12(15)16)11-10(13)3-2-5-14(8)11;1-2-13-9(12)6-8-7(10)4-3-5-11-8;8-7(9)3-1-6(5-10)2-4-7;1-3-10-6(8)5-7(9)11-4-2;1-8-5-3-4-6(7)9-2;2*1-8-3-2-5(6)4-7;6-4-2-1-3-8-5(4)7;1-7-5-3-2-4-6/h2-3,11,13-14H,4-10,12H2,1H3;4-5,7,9H,3,6,8H2,1-2H3;2-3,5,7H,4,6H2,1H3,(H,15,16);3-5H,2,6H2,1H3;6H,1-5,10H2;3-5H2,1-2H3;3-5H2,1-2H3;2*4-5H,2-3H2,1H3;1-3H;4H,2-3,5H2,1H3. The first-order valence-electron chi connectivity index (χ1n) is 43.7. The number of ether oxygens (including phenoxy) is 12. The smallest absolute Gasteiger partial charge is 0.340 e. The molecule has 0 aromatic carbocycles. The van der Waals surface area contributed by atoms with Gasteiger partial charge in [-0.1, -0.05) is 101 Å². The third-order valence-corrected chi connectivity index (χ3v) is 22.5. The van der Waals surface area contributed by atoms with Gasteiger partial charge in [-0.15, -0.1) is 0 Å². The number of rotatable bonds is 40. The van der Waals surface area contributed by atoms with Gasteiger partial charge >= 0.3 is 35.8 Å². The van der Waals surface area contributed by atoms with Crippen LogP contribution in [0.3, 0.4) is 0 Å². The Morgan fingerprint density at radius 3 is 1.24 bits per heavy atom. The highest BCUT2D eigenvalue weighted by molar-refractivity contribution is 9.10. The van der Waals surface area contributed by atoms with Gasteiger partial charge in [0.15, 0.2) is 5.78 Å². The molecule has 762 valence electrons. The number of halogens is 12. The van der Waals surface area contributed by atoms with E-state index in [0.717, 1.165) is 67.1 Å². The molecule has 8 aromatic heterocycles. The van der Waals surface area contributed by atoms with Crippen molar-refractivity contribution < 1.29 is 127 Å². The van der Waals surface area contributed by atoms with Crippen molar-refractivity contribution in [1.82, 2.24) is 23.2 Å². The van der Waals surface area contributed by atoms with Gasteiger partial charge in [0.1, 0.15) is 30.4 Å². The van der Waals surface area contributed by atoms with Crippen LogP contribution < -0.4 is 5.73 Å². The number of aldehydes is 3. The first-order chi connectivity index (χ1) is 65.0. The summed E-state index contributed by atoms with van der Waals surface area (Å²) in [5.74, 6) is -7.22. The summed E-state index contributed by atoms with van der Waals surface area (Å²) in [7, 11) is 12.8. The molecule has 41 heteroatoms. The highest BCUT2D eigenvalue weighted by Gasteiger charge is 2.36. The van der Waals surface area contributed by atoms with Gasteiger partial charge < -0.3 is 95.3 Å². The molecule has 2 aliphatic carbocycles. The molecular formula is C95H130Br2Cl6F4N6O23. The number of hydrogen-bond donors (Lipinski definition) is 2. The fourth-order valence-corrected chi connectivity index (χ4v) is 13.8. The summed E-state index contributed by atoms with van der Waals surface area (Å²) >= 11 is 41.6. The number of aromatic nitrogens is 5. The molecule has 8 aromatic rings. The quantitative estimate of drug-likeness (QED) is 0.00414. The van der Waals surface area contributed by atoms with Crippen molar-refractivity contribution in [3.8, 4) is 0 Å². The van der Waals surface area contributed by atoms with Gasteiger partial charge in [0.2, 0.25) is 11.8 Å². The molecule has 8 heterocycles. The second kappa shape index (κ2) is 77.0. The van der Waals surface area contributed by atoms with E-state index in [9.17, 15) is 65.5 Å². The molecule has 0 amide bonds. The summed E-state index contributed by atoms with van der Waals surface area (Å²) in [6.07, 6.45) is 20.6. The van der Waals surface area contributed by atoms with Crippen molar-refractivity contribution in [3.05, 3.63) is 180 Å². The molecule has 2 unspecified atom stereocenters. The van der Waals surface area contributed by atoms with Gasteiger partial charge in [0.05, 0.1) is 128 Å². The molecule has 0 saturated heterocycles. The largest absolute Gasteiger partial charge is 0.478 e. The number of ketones is 1. The van der Waals surface area contributed by atoms with E-state index in [1.807, 2.05) is 45.5 Å². The fraction of sp³-hybridized carbons (Fsp3) is 0.537. The van der Waals surface area contributed by atoms with Crippen molar-refractivity contribution in [2.75, 3.05) is 136 Å². The zero-order chi connectivity index (χ0) is 102. The van der Waals surface area contributed by atoms with Gasteiger partial charge in [0.25, 0.3) is 0 Å². The molecule has 2 fully saturated rings. The summed E-state index contributed by atoms with van der Waals surface area (Å²) in [6, 6.07) is 22.9. The highest BCUT2D eigenvalue weighted by atomic mass is 79.9. The normalized spacial score (nSPS) is 13.0. The van der Waals surface area contributed by atoms with Crippen LogP contribution in [0.15, 0.2) is 110 Å². The summed E-state index contributed by atoms with van der Waals surface area (Å²) < 4.78 is 114. The number of nitrogens with two attached hydrogens (primary N) is 1. The second-order valence-electron chi connectivity index (χ2n) is 29.2. The van der Waals surface area contributed by atoms with Gasteiger partial charge in [-0.05, 0) is 183 Å². The van der Waals surface area contributed by atoms with Crippen LogP contribution in [0.1, 0.15) is 191 Å². The van der Waals surface area contributed by atoms with Crippen LogP contribution in [0.4, 0.5) is 17.6 Å². The monoisotopic (exact) mass is 2170 g/mol. The Bertz CT molecular complexity index is 4680. The maximum atomic E-state index is 13.3. The number of hydrogen-bond acceptors (Lipinski definition) is 25. The molecule has 29 nitrogen and oxygen atoms in total. The Balaban J connectivity index is 0.00000152. The predicted molar refractivity (Wildman–Crippen MR) is 526 cm³/mol. The minimum absolute atomic E-state index is 0.0246. The molecule has 2 atom stereocenters. The number of carbonyl (C=O) groups is 10. The Kier molecular flexibility index (Phi) is 72.6. The lowest BCUT2D eigenvalue weighted by atomic mass is 9.83. The van der Waals surface area contributed by atoms with E-state index in [4.69, 9.17) is 118 Å². The van der Waals surface area contributed by atoms with Crippen LogP contribution in [-0.4, -0.2) is 246 Å². The minimum atomic E-state index is -2.52. The van der Waals surface area contributed by atoms with Gasteiger partial charge in [-0.3, -0.25) is 29.0 Å². The van der Waals surface area contributed by atoms with Crippen molar-refractivity contribution >= 4 is 178 Å². The number of carboxylic acid groups (broad SMARTS) is 1. The summed E-state index contributed by atoms with van der Waals surface area (Å²) in [4.78, 5) is 116. The lowest BCUT2D eigenvalue weighted by molar-refractivity contribution is -0.154. The summed E-state index contributed by atoms with van der Waals surface area (Å²) in [5, 5.41) is 12.0. The van der Waals surface area contributed by atoms with Gasteiger partial charge in [-0.2, -0.15) is 0 Å². The maximum absolute atomic E-state index is 13.3. The molecule has 0 radical (unpaired) electrons. The number of pyridine rings is 5. The average Bonchev–Trinajstić information content (AvgIpc) is 1.64. The minimum Gasteiger partial charge on any atom is -0.478 e. The summed E-state index contributed by atoms with van der Waals surface area (Å²) in [6.45, 7) is 13.0. The number of carboxylic acids is 1. The first kappa shape index (κ1) is 128. The average molecular weight is 2170 g/mol. The van der Waals surface area contributed by atoms with Crippen molar-refractivity contribution in [1.29, 1.82) is 0 Å². The Labute approximate surface area is 840 Å². The van der Waals surface area contributed by atoms with Crippen LogP contribution in [0, 0.1) is 11.8 Å². The number of carbonyl (C=O) groups excluding carboxylic acids is 9. The number of Topliss-reactive ketones (excluding diaryl/α,β-unsaturated/α-hetero) is 1. The van der Waals surface area contributed by atoms with E-state index >= 15 is 0 Å². The SMILES string of the molecule is CCOC(=O)CC(=O)OCC.CCOC(=O)Cc1ncccc1Cl.CCOC(=O)c1cc(CCOC)n2cccc(Cl)c12.COCCC(Br)C=O.COCCC(Br)C=O.COCCCC(=O)OC.COCCCC=O.COCCc1cc(C(=O)CCC2CCC(F)(F)CC2)c2c(Cl)cccn12.COCCc1cc(C(=O)O)c2c(Cl)cccn12.Clc1cccnc1Cl.NCC1CCC(F)(F)CC1. The van der Waals surface area contributed by atoms with Crippen molar-refractivity contribution in [2.45, 2.75) is 184 Å². The number of fused-ring (bicyclic) bond motifs is 3. The Morgan fingerprint density at radius 1 is 0.485 bits per heavy atom. The predicted octanol–water partition coefficient (Wildman–Crippen LogP) is 20.7. The fourth-order valence-electron chi connectivity index (χ4n) is 12.2. The van der Waals surface area contributed by atoms with Crippen LogP contribution in [0.5, 0.6) is 0 Å². The lowest BCUT2D eigenvalue weighted by Crippen LogP contribution is -2.28. The zero-order valence-electron chi connectivity index (χ0n) is 79.0. The number of unbranched alkanes of at least 4 members (excludes halogenated alkanes) is 1. The molecule has 0 aliphatic heterocycles. The molecule has 10 rings (SSSR count). The van der Waals surface area contributed by atoms with E-state index < -0.39 is 29.8 Å². The molecular weight excluding hydrogens is 2040 g/mol. The molecule has 2 saturated carbocycles. The molecule has 0 bridgehead atoms. The zero-order valence-corrected chi connectivity index (χ0v) is 86.8. The van der Waals surface area contributed by atoms with E-state index in [1.165, 1.54) is 7.11 Å². The Morgan fingerprint density at radius 2 is 0.868 bits per heavy atom. The number of nitrogens with zero attached hydrogens (tertiary/aromatic N) is 5. The van der Waals surface area contributed by atoms with E-state index in [2.05, 4.69) is 60.8 Å². The molecule has 3 N–H and O–H groups in total. The number of methoxy groups -OCH3 is 8. The summed E-state index contributed by atoms with van der Waals surface area (Å²) in [5.41, 5.74) is 12.0. The number of aromatic carboxylic acids is 1. The van der Waals surface area contributed by atoms with E-state index in [0.29, 0.717) is 201 Å². The van der Waals surface area contributed by atoms with Crippen LogP contribution >= 0.6 is 101 Å².